The molecule has 1 nitrogen and oxygen atoms in total. The maximum atomic E-state index is 3.64. The molecular formula is C8H13N. The van der Waals surface area contributed by atoms with E-state index in [0.29, 0.717) is 0 Å². The average Bonchev–Trinajstić information content (AvgIpc) is 2.57. The van der Waals surface area contributed by atoms with Crippen LogP contribution in [-0.4, -0.2) is 12.1 Å². The van der Waals surface area contributed by atoms with E-state index in [2.05, 4.69) is 5.32 Å². The molecule has 2 saturated carbocycles. The van der Waals surface area contributed by atoms with E-state index in [4.69, 9.17) is 0 Å². The third-order valence-corrected chi connectivity index (χ3v) is 3.33. The largest absolute Gasteiger partial charge is 0.310 e. The van der Waals surface area contributed by atoms with Gasteiger partial charge in [0.1, 0.15) is 0 Å². The van der Waals surface area contributed by atoms with Crippen LogP contribution in [0.4, 0.5) is 0 Å². The van der Waals surface area contributed by atoms with Crippen molar-refractivity contribution in [3.8, 4) is 0 Å². The quantitative estimate of drug-likeness (QED) is 0.551. The standard InChI is InChI=1S/C8H13N/c1-2-5(1)8-6-3-4-7(6)9-8/h5-9H,1-4H2. The Morgan fingerprint density at radius 2 is 1.89 bits per heavy atom. The van der Waals surface area contributed by atoms with Crippen molar-refractivity contribution < 1.29 is 0 Å². The van der Waals surface area contributed by atoms with Crippen molar-refractivity contribution in [3.63, 3.8) is 0 Å². The summed E-state index contributed by atoms with van der Waals surface area (Å²) in [5.41, 5.74) is 0. The molecule has 1 heteroatoms. The van der Waals surface area contributed by atoms with Crippen LogP contribution in [0.15, 0.2) is 0 Å². The zero-order chi connectivity index (χ0) is 5.84. The van der Waals surface area contributed by atoms with Crippen molar-refractivity contribution in [2.24, 2.45) is 11.8 Å². The molecule has 1 aliphatic heterocycles. The molecular weight excluding hydrogens is 110 g/mol. The molecule has 1 N–H and O–H groups in total. The van der Waals surface area contributed by atoms with Gasteiger partial charge in [-0.15, -0.1) is 0 Å². The minimum absolute atomic E-state index is 0.968. The Morgan fingerprint density at radius 3 is 2.22 bits per heavy atom. The minimum Gasteiger partial charge on any atom is -0.310 e. The smallest absolute Gasteiger partial charge is 0.0141 e. The first-order valence-electron chi connectivity index (χ1n) is 4.21. The Bertz CT molecular complexity index is 140. The summed E-state index contributed by atoms with van der Waals surface area (Å²) in [7, 11) is 0. The molecule has 0 aromatic rings. The predicted octanol–water partition coefficient (Wildman–Crippen LogP) is 1.15. The summed E-state index contributed by atoms with van der Waals surface area (Å²) in [5.74, 6) is 2.23. The fourth-order valence-corrected chi connectivity index (χ4v) is 2.36. The predicted molar refractivity (Wildman–Crippen MR) is 36.2 cm³/mol. The van der Waals surface area contributed by atoms with Gasteiger partial charge in [0, 0.05) is 12.1 Å². The van der Waals surface area contributed by atoms with Crippen LogP contribution in [0.5, 0.6) is 0 Å². The highest BCUT2D eigenvalue weighted by atomic mass is 15.1. The number of nitrogens with one attached hydrogen (secondary N) is 1. The number of hydrogen-bond donors (Lipinski definition) is 1. The van der Waals surface area contributed by atoms with Crippen molar-refractivity contribution >= 4 is 0 Å². The molecule has 0 bridgehead atoms. The lowest BCUT2D eigenvalue weighted by Crippen LogP contribution is -2.67. The summed E-state index contributed by atoms with van der Waals surface area (Å²) in [4.78, 5) is 0. The van der Waals surface area contributed by atoms with Gasteiger partial charge in [-0.05, 0) is 37.5 Å². The van der Waals surface area contributed by atoms with Crippen LogP contribution in [0.2, 0.25) is 0 Å². The van der Waals surface area contributed by atoms with Crippen LogP contribution in [0.3, 0.4) is 0 Å². The highest BCUT2D eigenvalue weighted by Crippen LogP contribution is 2.48. The third-order valence-electron chi connectivity index (χ3n) is 3.33. The zero-order valence-corrected chi connectivity index (χ0v) is 5.64. The SMILES string of the molecule is C1CC1C1NC2CCC21. The molecule has 0 amide bonds. The third kappa shape index (κ3) is 0.493. The molecule has 1 heterocycles. The summed E-state index contributed by atoms with van der Waals surface area (Å²) < 4.78 is 0. The van der Waals surface area contributed by atoms with E-state index < -0.39 is 0 Å². The van der Waals surface area contributed by atoms with Gasteiger partial charge in [0.15, 0.2) is 0 Å². The maximum absolute atomic E-state index is 3.64. The highest BCUT2D eigenvalue weighted by Gasteiger charge is 2.52. The van der Waals surface area contributed by atoms with Gasteiger partial charge in [0.25, 0.3) is 0 Å². The second-order valence-electron chi connectivity index (χ2n) is 3.88. The molecule has 0 aromatic carbocycles. The van der Waals surface area contributed by atoms with Crippen molar-refractivity contribution in [1.29, 1.82) is 0 Å². The zero-order valence-electron chi connectivity index (χ0n) is 5.64. The number of fused-ring (bicyclic) bond motifs is 1. The average molecular weight is 123 g/mol. The van der Waals surface area contributed by atoms with Crippen LogP contribution in [0.25, 0.3) is 0 Å². The number of rotatable bonds is 1. The topological polar surface area (TPSA) is 12.0 Å². The second kappa shape index (κ2) is 1.34. The van der Waals surface area contributed by atoms with Crippen LogP contribution in [-0.2, 0) is 0 Å². The summed E-state index contributed by atoms with van der Waals surface area (Å²) in [6.07, 6.45) is 6.02. The van der Waals surface area contributed by atoms with Gasteiger partial charge in [-0.3, -0.25) is 0 Å². The monoisotopic (exact) mass is 123 g/mol. The molecule has 9 heavy (non-hydrogen) atoms. The lowest BCUT2D eigenvalue weighted by molar-refractivity contribution is 0.0293. The fraction of sp³-hybridized carbons (Fsp3) is 1.00. The molecule has 0 radical (unpaired) electrons. The highest BCUT2D eigenvalue weighted by molar-refractivity contribution is 5.09. The molecule has 0 spiro atoms. The van der Waals surface area contributed by atoms with E-state index in [1.165, 1.54) is 25.7 Å². The summed E-state index contributed by atoms with van der Waals surface area (Å²) in [6.45, 7) is 0. The Kier molecular flexibility index (Phi) is 0.704. The molecule has 3 aliphatic rings. The fourth-order valence-electron chi connectivity index (χ4n) is 2.36. The lowest BCUT2D eigenvalue weighted by Gasteiger charge is -2.54. The van der Waals surface area contributed by atoms with Crippen LogP contribution in [0, 0.1) is 11.8 Å². The molecule has 3 atom stereocenters. The van der Waals surface area contributed by atoms with Crippen molar-refractivity contribution in [2.45, 2.75) is 37.8 Å². The molecule has 3 rings (SSSR count). The van der Waals surface area contributed by atoms with Crippen LogP contribution >= 0.6 is 0 Å². The van der Waals surface area contributed by atoms with Gasteiger partial charge in [0.05, 0.1) is 0 Å². The van der Waals surface area contributed by atoms with Gasteiger partial charge in [0.2, 0.25) is 0 Å². The molecule has 50 valence electrons. The first-order chi connectivity index (χ1) is 4.45. The van der Waals surface area contributed by atoms with Gasteiger partial charge < -0.3 is 5.32 Å². The van der Waals surface area contributed by atoms with E-state index in [1.807, 2.05) is 0 Å². The molecule has 1 saturated heterocycles. The number of piperidine rings is 1. The Balaban J connectivity index is 1.69. The summed E-state index contributed by atoms with van der Waals surface area (Å²) >= 11 is 0. The Hall–Kier alpha value is -0.0400. The Labute approximate surface area is 55.8 Å². The van der Waals surface area contributed by atoms with E-state index >= 15 is 0 Å². The summed E-state index contributed by atoms with van der Waals surface area (Å²) in [6, 6.07) is 1.94. The first-order valence-corrected chi connectivity index (χ1v) is 4.21. The van der Waals surface area contributed by atoms with Gasteiger partial charge >= 0.3 is 0 Å². The minimum atomic E-state index is 0.968. The van der Waals surface area contributed by atoms with Crippen molar-refractivity contribution in [3.05, 3.63) is 0 Å². The molecule has 3 fully saturated rings. The van der Waals surface area contributed by atoms with Gasteiger partial charge in [-0.25, -0.2) is 0 Å². The van der Waals surface area contributed by atoms with E-state index in [9.17, 15) is 0 Å². The molecule has 2 aliphatic carbocycles. The van der Waals surface area contributed by atoms with E-state index in [0.717, 1.165) is 23.9 Å². The second-order valence-corrected chi connectivity index (χ2v) is 3.88. The van der Waals surface area contributed by atoms with Crippen molar-refractivity contribution in [2.75, 3.05) is 0 Å². The molecule has 3 unspecified atom stereocenters. The van der Waals surface area contributed by atoms with Gasteiger partial charge in [-0.1, -0.05) is 0 Å². The maximum Gasteiger partial charge on any atom is 0.0141 e. The molecule has 0 aromatic heterocycles. The van der Waals surface area contributed by atoms with Crippen LogP contribution in [0.1, 0.15) is 25.7 Å². The van der Waals surface area contributed by atoms with E-state index in [-0.39, 0.29) is 0 Å². The number of hydrogen-bond acceptors (Lipinski definition) is 1. The van der Waals surface area contributed by atoms with Gasteiger partial charge in [-0.2, -0.15) is 0 Å². The van der Waals surface area contributed by atoms with Crippen molar-refractivity contribution in [1.82, 2.24) is 5.32 Å². The first kappa shape index (κ1) is 4.73. The normalized spacial score (nSPS) is 55.3. The van der Waals surface area contributed by atoms with E-state index in [1.54, 1.807) is 0 Å². The lowest BCUT2D eigenvalue weighted by atomic mass is 9.66. The van der Waals surface area contributed by atoms with Crippen LogP contribution < -0.4 is 5.32 Å². The summed E-state index contributed by atoms with van der Waals surface area (Å²) in [5, 5.41) is 3.64. The Morgan fingerprint density at radius 1 is 1.00 bits per heavy atom.